The first-order valence-electron chi connectivity index (χ1n) is 6.12. The lowest BCUT2D eigenvalue weighted by Gasteiger charge is -2.20. The van der Waals surface area contributed by atoms with Gasteiger partial charge in [-0.15, -0.1) is 0 Å². The topological polar surface area (TPSA) is 12.0 Å². The van der Waals surface area contributed by atoms with Crippen molar-refractivity contribution in [2.45, 2.75) is 46.1 Å². The zero-order valence-electron chi connectivity index (χ0n) is 10.7. The van der Waals surface area contributed by atoms with E-state index in [1.54, 1.807) is 0 Å². The molecule has 1 nitrogen and oxygen atoms in total. The molecule has 0 saturated heterocycles. The smallest absolute Gasteiger partial charge is 0.0468 e. The highest BCUT2D eigenvalue weighted by Gasteiger charge is 2.08. The second kappa shape index (κ2) is 6.37. The highest BCUT2D eigenvalue weighted by atomic mass is 14.9. The van der Waals surface area contributed by atoms with Crippen LogP contribution in [0.3, 0.4) is 0 Å². The van der Waals surface area contributed by atoms with Gasteiger partial charge >= 0.3 is 0 Å². The molecule has 88 valence electrons. The van der Waals surface area contributed by atoms with Crippen LogP contribution in [-0.2, 0) is 0 Å². The summed E-state index contributed by atoms with van der Waals surface area (Å²) in [5.74, 6) is 0. The van der Waals surface area contributed by atoms with Crippen molar-refractivity contribution >= 4 is 5.69 Å². The van der Waals surface area contributed by atoms with Gasteiger partial charge in [0.25, 0.3) is 0 Å². The van der Waals surface area contributed by atoms with Gasteiger partial charge in [-0.25, -0.2) is 0 Å². The lowest BCUT2D eigenvalue weighted by molar-refractivity contribution is 0.662. The minimum atomic E-state index is 0.405. The van der Waals surface area contributed by atoms with E-state index >= 15 is 0 Å². The molecule has 0 radical (unpaired) electrons. The molecule has 0 aromatic heterocycles. The molecule has 1 N–H and O–H groups in total. The van der Waals surface area contributed by atoms with Crippen LogP contribution in [-0.4, -0.2) is 6.04 Å². The standard InChI is InChI=1S/C15H23N/c1-5-6-7-15(12(2)3)16-14-10-8-13(4)9-11-14/h8-11,15-16H,2,5-7H2,1,3-4H3/t15-/m0/s1. The fourth-order valence-corrected chi connectivity index (χ4v) is 1.70. The molecule has 0 unspecified atom stereocenters. The number of hydrogen-bond donors (Lipinski definition) is 1. The molecule has 16 heavy (non-hydrogen) atoms. The highest BCUT2D eigenvalue weighted by Crippen LogP contribution is 2.16. The van der Waals surface area contributed by atoms with Crippen LogP contribution >= 0.6 is 0 Å². The molecule has 1 rings (SSSR count). The summed E-state index contributed by atoms with van der Waals surface area (Å²) < 4.78 is 0. The van der Waals surface area contributed by atoms with E-state index in [-0.39, 0.29) is 0 Å². The van der Waals surface area contributed by atoms with Gasteiger partial charge in [0.1, 0.15) is 0 Å². The Bertz CT molecular complexity index is 324. The summed E-state index contributed by atoms with van der Waals surface area (Å²) in [6.45, 7) is 10.5. The van der Waals surface area contributed by atoms with Crippen molar-refractivity contribution in [3.05, 3.63) is 42.0 Å². The van der Waals surface area contributed by atoms with Crippen molar-refractivity contribution in [3.8, 4) is 0 Å². The SMILES string of the molecule is C=C(C)[C@H](CCCC)Nc1ccc(C)cc1. The van der Waals surface area contributed by atoms with E-state index in [9.17, 15) is 0 Å². The first-order valence-corrected chi connectivity index (χ1v) is 6.12. The van der Waals surface area contributed by atoms with Gasteiger partial charge in [0, 0.05) is 11.7 Å². The van der Waals surface area contributed by atoms with Gasteiger partial charge in [0.2, 0.25) is 0 Å². The number of unbranched alkanes of at least 4 members (excludes halogenated alkanes) is 1. The van der Waals surface area contributed by atoms with Crippen molar-refractivity contribution < 1.29 is 0 Å². The van der Waals surface area contributed by atoms with Crippen LogP contribution in [0.5, 0.6) is 0 Å². The Morgan fingerprint density at radius 2 is 1.94 bits per heavy atom. The molecule has 1 atom stereocenters. The first kappa shape index (κ1) is 12.8. The maximum absolute atomic E-state index is 4.06. The molecule has 0 fully saturated rings. The van der Waals surface area contributed by atoms with Crippen molar-refractivity contribution in [1.82, 2.24) is 0 Å². The van der Waals surface area contributed by atoms with E-state index in [1.165, 1.54) is 36.1 Å². The third kappa shape index (κ3) is 4.09. The Balaban J connectivity index is 2.60. The average Bonchev–Trinajstić information content (AvgIpc) is 2.26. The highest BCUT2D eigenvalue weighted by molar-refractivity contribution is 5.46. The van der Waals surface area contributed by atoms with Crippen LogP contribution in [0.4, 0.5) is 5.69 Å². The lowest BCUT2D eigenvalue weighted by atomic mass is 10.0. The van der Waals surface area contributed by atoms with Crippen LogP contribution < -0.4 is 5.32 Å². The molecule has 0 aliphatic carbocycles. The number of hydrogen-bond acceptors (Lipinski definition) is 1. The van der Waals surface area contributed by atoms with Crippen LogP contribution in [0.2, 0.25) is 0 Å². The van der Waals surface area contributed by atoms with Crippen LogP contribution in [0, 0.1) is 6.92 Å². The predicted octanol–water partition coefficient (Wildman–Crippen LogP) is 4.54. The van der Waals surface area contributed by atoms with Crippen molar-refractivity contribution in [1.29, 1.82) is 0 Å². The molecule has 1 aromatic carbocycles. The summed E-state index contributed by atoms with van der Waals surface area (Å²) in [7, 11) is 0. The quantitative estimate of drug-likeness (QED) is 0.690. The third-order valence-electron chi connectivity index (χ3n) is 2.83. The molecule has 0 heterocycles. The van der Waals surface area contributed by atoms with E-state index < -0.39 is 0 Å². The molecular weight excluding hydrogens is 194 g/mol. The normalized spacial score (nSPS) is 12.2. The minimum absolute atomic E-state index is 0.405. The van der Waals surface area contributed by atoms with Gasteiger partial charge in [-0.1, -0.05) is 49.6 Å². The van der Waals surface area contributed by atoms with Crippen molar-refractivity contribution in [2.75, 3.05) is 5.32 Å². The summed E-state index contributed by atoms with van der Waals surface area (Å²) in [5, 5.41) is 3.54. The molecular formula is C15H23N. The Kier molecular flexibility index (Phi) is 5.10. The number of benzene rings is 1. The molecule has 0 amide bonds. The van der Waals surface area contributed by atoms with Gasteiger partial charge in [0.15, 0.2) is 0 Å². The Hall–Kier alpha value is -1.24. The Morgan fingerprint density at radius 1 is 1.31 bits per heavy atom. The number of anilines is 1. The van der Waals surface area contributed by atoms with E-state index in [4.69, 9.17) is 0 Å². The van der Waals surface area contributed by atoms with E-state index in [2.05, 4.69) is 56.9 Å². The summed E-state index contributed by atoms with van der Waals surface area (Å²) in [5.41, 5.74) is 3.70. The van der Waals surface area contributed by atoms with Crippen LogP contribution in [0.1, 0.15) is 38.7 Å². The lowest BCUT2D eigenvalue weighted by Crippen LogP contribution is -2.20. The summed E-state index contributed by atoms with van der Waals surface area (Å²) in [6, 6.07) is 8.95. The first-order chi connectivity index (χ1) is 7.63. The molecule has 0 saturated carbocycles. The zero-order chi connectivity index (χ0) is 12.0. The Morgan fingerprint density at radius 3 is 2.44 bits per heavy atom. The van der Waals surface area contributed by atoms with E-state index in [0.717, 1.165) is 0 Å². The van der Waals surface area contributed by atoms with Gasteiger partial charge in [-0.2, -0.15) is 0 Å². The minimum Gasteiger partial charge on any atom is -0.379 e. The average molecular weight is 217 g/mol. The van der Waals surface area contributed by atoms with E-state index in [1.807, 2.05) is 0 Å². The van der Waals surface area contributed by atoms with Gasteiger partial charge in [-0.3, -0.25) is 0 Å². The second-order valence-electron chi connectivity index (χ2n) is 4.55. The van der Waals surface area contributed by atoms with Crippen molar-refractivity contribution in [2.24, 2.45) is 0 Å². The van der Waals surface area contributed by atoms with Gasteiger partial charge in [0.05, 0.1) is 0 Å². The largest absolute Gasteiger partial charge is 0.379 e. The third-order valence-corrected chi connectivity index (χ3v) is 2.83. The summed E-state index contributed by atoms with van der Waals surface area (Å²) in [4.78, 5) is 0. The summed E-state index contributed by atoms with van der Waals surface area (Å²) in [6.07, 6.45) is 3.65. The van der Waals surface area contributed by atoms with Crippen LogP contribution in [0.15, 0.2) is 36.4 Å². The predicted molar refractivity (Wildman–Crippen MR) is 72.9 cm³/mol. The summed E-state index contributed by atoms with van der Waals surface area (Å²) >= 11 is 0. The molecule has 1 aromatic rings. The molecule has 0 aliphatic heterocycles. The molecule has 0 aliphatic rings. The van der Waals surface area contributed by atoms with Crippen molar-refractivity contribution in [3.63, 3.8) is 0 Å². The maximum atomic E-state index is 4.06. The fourth-order valence-electron chi connectivity index (χ4n) is 1.70. The number of nitrogens with one attached hydrogen (secondary N) is 1. The van der Waals surface area contributed by atoms with Gasteiger partial charge in [-0.05, 0) is 32.4 Å². The second-order valence-corrected chi connectivity index (χ2v) is 4.55. The zero-order valence-corrected chi connectivity index (χ0v) is 10.7. The molecule has 1 heteroatoms. The number of aryl methyl sites for hydroxylation is 1. The molecule has 0 spiro atoms. The monoisotopic (exact) mass is 217 g/mol. The fraction of sp³-hybridized carbons (Fsp3) is 0.467. The van der Waals surface area contributed by atoms with Crippen LogP contribution in [0.25, 0.3) is 0 Å². The number of rotatable bonds is 6. The molecule has 0 bridgehead atoms. The van der Waals surface area contributed by atoms with Gasteiger partial charge < -0.3 is 5.32 Å². The maximum Gasteiger partial charge on any atom is 0.0468 e. The van der Waals surface area contributed by atoms with E-state index in [0.29, 0.717) is 6.04 Å². The Labute approximate surface area is 99.6 Å².